The van der Waals surface area contributed by atoms with Crippen molar-refractivity contribution in [3.63, 3.8) is 0 Å². The van der Waals surface area contributed by atoms with Crippen LogP contribution in [0.1, 0.15) is 0 Å². The lowest BCUT2D eigenvalue weighted by Gasteiger charge is -2.14. The number of thiophene rings is 2. The van der Waals surface area contributed by atoms with Crippen LogP contribution in [-0.2, 0) is 0 Å². The van der Waals surface area contributed by atoms with Crippen molar-refractivity contribution in [2.75, 3.05) is 0 Å². The van der Waals surface area contributed by atoms with E-state index < -0.39 is 0 Å². The summed E-state index contributed by atoms with van der Waals surface area (Å²) < 4.78 is 5.12. The lowest BCUT2D eigenvalue weighted by Crippen LogP contribution is -2.01. The molecule has 5 heteroatoms. The fraction of sp³-hybridized carbons (Fsp3) is 0. The van der Waals surface area contributed by atoms with Gasteiger partial charge in [-0.2, -0.15) is 0 Å². The molecule has 0 bridgehead atoms. The topological polar surface area (TPSA) is 38.7 Å². The Bertz CT molecular complexity index is 3490. The summed E-state index contributed by atoms with van der Waals surface area (Å²) in [4.78, 5) is 15.9. The summed E-state index contributed by atoms with van der Waals surface area (Å²) in [5, 5.41) is 5.15. The molecule has 0 amide bonds. The van der Waals surface area contributed by atoms with Crippen LogP contribution >= 0.6 is 22.7 Å². The van der Waals surface area contributed by atoms with Gasteiger partial charge in [0, 0.05) is 57.0 Å². The van der Waals surface area contributed by atoms with Crippen LogP contribution in [0.25, 0.3) is 119 Å². The lowest BCUT2D eigenvalue weighted by atomic mass is 9.94. The van der Waals surface area contributed by atoms with Gasteiger partial charge in [-0.05, 0) is 87.0 Å². The van der Waals surface area contributed by atoms with E-state index in [-0.39, 0.29) is 0 Å². The van der Waals surface area contributed by atoms with Gasteiger partial charge in [0.05, 0.1) is 0 Å². The normalized spacial score (nSPS) is 11.5. The van der Waals surface area contributed by atoms with Crippen LogP contribution in [-0.4, -0.2) is 15.0 Å². The number of rotatable bonds is 7. The van der Waals surface area contributed by atoms with Gasteiger partial charge in [-0.15, -0.1) is 22.7 Å². The Morgan fingerprint density at radius 1 is 0.226 bits per heavy atom. The summed E-state index contributed by atoms with van der Waals surface area (Å²) >= 11 is 3.68. The molecule has 0 unspecified atom stereocenters. The number of aromatic nitrogens is 3. The number of hydrogen-bond donors (Lipinski definition) is 0. The maximum Gasteiger partial charge on any atom is 0.164 e. The Hall–Kier alpha value is -7.57. The second-order valence-corrected chi connectivity index (χ2v) is 17.7. The van der Waals surface area contributed by atoms with Gasteiger partial charge in [0.15, 0.2) is 17.5 Å². The van der Waals surface area contributed by atoms with E-state index in [0.717, 1.165) is 55.6 Å². The second kappa shape index (κ2) is 15.2. The fourth-order valence-electron chi connectivity index (χ4n) is 8.65. The monoisotopic (exact) mass is 825 g/mol. The molecule has 9 aromatic carbocycles. The van der Waals surface area contributed by atoms with Crippen molar-refractivity contribution < 1.29 is 0 Å². The van der Waals surface area contributed by atoms with Crippen LogP contribution in [0.4, 0.5) is 0 Å². The van der Waals surface area contributed by atoms with E-state index >= 15 is 0 Å². The van der Waals surface area contributed by atoms with Gasteiger partial charge < -0.3 is 0 Å². The standard InChI is InChI=1S/C57H35N3S2/c1-3-13-36(14-4-1)37-23-25-39(26-24-37)55-58-56(60-57(59-55)50-20-8-7-17-45(50)38-15-5-2-6-16-38)44-32-42(40-27-29-48-46-18-9-11-21-51(46)61-53(48)34-40)31-43(33-44)41-28-30-49-47-19-10-12-22-52(47)62-54(49)35-41/h1-35H. The van der Waals surface area contributed by atoms with Crippen molar-refractivity contribution >= 4 is 63.0 Å². The minimum absolute atomic E-state index is 0.619. The molecule has 3 nitrogen and oxygen atoms in total. The average molecular weight is 826 g/mol. The number of hydrogen-bond acceptors (Lipinski definition) is 5. The number of fused-ring (bicyclic) bond motifs is 6. The maximum atomic E-state index is 5.36. The first-order chi connectivity index (χ1) is 30.7. The Labute approximate surface area is 366 Å². The zero-order valence-electron chi connectivity index (χ0n) is 33.4. The minimum Gasteiger partial charge on any atom is -0.208 e. The van der Waals surface area contributed by atoms with E-state index in [1.54, 1.807) is 0 Å². The highest BCUT2D eigenvalue weighted by atomic mass is 32.1. The predicted molar refractivity (Wildman–Crippen MR) is 264 cm³/mol. The predicted octanol–water partition coefficient (Wildman–Crippen LogP) is 16.3. The third-order valence-corrected chi connectivity index (χ3v) is 14.0. The molecule has 3 aromatic heterocycles. The molecule has 3 heterocycles. The van der Waals surface area contributed by atoms with Gasteiger partial charge in [0.25, 0.3) is 0 Å². The second-order valence-electron chi connectivity index (χ2n) is 15.6. The molecule has 0 fully saturated rings. The van der Waals surface area contributed by atoms with Crippen LogP contribution in [0.15, 0.2) is 212 Å². The molecule has 0 saturated heterocycles. The molecular weight excluding hydrogens is 791 g/mol. The molecule has 0 aliphatic heterocycles. The van der Waals surface area contributed by atoms with E-state index in [1.807, 2.05) is 34.8 Å². The van der Waals surface area contributed by atoms with Crippen LogP contribution in [0, 0.1) is 0 Å². The van der Waals surface area contributed by atoms with Gasteiger partial charge in [-0.3, -0.25) is 0 Å². The van der Waals surface area contributed by atoms with E-state index in [9.17, 15) is 0 Å². The zero-order valence-corrected chi connectivity index (χ0v) is 35.0. The molecule has 0 spiro atoms. The first-order valence-electron chi connectivity index (χ1n) is 20.7. The fourth-order valence-corrected chi connectivity index (χ4v) is 10.9. The van der Waals surface area contributed by atoms with Crippen molar-refractivity contribution in [1.29, 1.82) is 0 Å². The van der Waals surface area contributed by atoms with Crippen LogP contribution in [0.5, 0.6) is 0 Å². The first-order valence-corrected chi connectivity index (χ1v) is 22.4. The van der Waals surface area contributed by atoms with Crippen molar-refractivity contribution in [1.82, 2.24) is 15.0 Å². The third kappa shape index (κ3) is 6.56. The molecule has 12 rings (SSSR count). The first kappa shape index (κ1) is 36.3. The quantitative estimate of drug-likeness (QED) is 0.161. The minimum atomic E-state index is 0.619. The summed E-state index contributed by atoms with van der Waals surface area (Å²) in [6, 6.07) is 75.8. The highest BCUT2D eigenvalue weighted by molar-refractivity contribution is 7.26. The SMILES string of the molecule is c1ccc(-c2ccc(-c3nc(-c4cc(-c5ccc6c(c5)sc5ccccc56)cc(-c5ccc6c(c5)sc5ccccc56)c4)nc(-c4ccccc4-c4ccccc4)n3)cc2)cc1. The van der Waals surface area contributed by atoms with Crippen LogP contribution in [0.3, 0.4) is 0 Å². The Kier molecular flexibility index (Phi) is 8.87. The zero-order chi connectivity index (χ0) is 41.0. The van der Waals surface area contributed by atoms with E-state index in [0.29, 0.717) is 17.5 Å². The molecule has 0 atom stereocenters. The number of nitrogens with zero attached hydrogens (tertiary/aromatic N) is 3. The summed E-state index contributed by atoms with van der Waals surface area (Å²) in [5.41, 5.74) is 11.8. The smallest absolute Gasteiger partial charge is 0.164 e. The largest absolute Gasteiger partial charge is 0.208 e. The molecule has 62 heavy (non-hydrogen) atoms. The van der Waals surface area contributed by atoms with Gasteiger partial charge in [0.1, 0.15) is 0 Å². The maximum absolute atomic E-state index is 5.36. The molecule has 0 aliphatic rings. The molecule has 0 radical (unpaired) electrons. The van der Waals surface area contributed by atoms with Gasteiger partial charge >= 0.3 is 0 Å². The lowest BCUT2D eigenvalue weighted by molar-refractivity contribution is 1.07. The van der Waals surface area contributed by atoms with Crippen molar-refractivity contribution in [3.8, 4) is 78.7 Å². The summed E-state index contributed by atoms with van der Waals surface area (Å²) in [6.45, 7) is 0. The molecule has 290 valence electrons. The average Bonchev–Trinajstić information content (AvgIpc) is 3.92. The van der Waals surface area contributed by atoms with Crippen molar-refractivity contribution in [3.05, 3.63) is 212 Å². The highest BCUT2D eigenvalue weighted by Crippen LogP contribution is 2.41. The van der Waals surface area contributed by atoms with Crippen molar-refractivity contribution in [2.24, 2.45) is 0 Å². The highest BCUT2D eigenvalue weighted by Gasteiger charge is 2.18. The van der Waals surface area contributed by atoms with Gasteiger partial charge in [-0.1, -0.05) is 170 Å². The molecule has 12 aromatic rings. The summed E-state index contributed by atoms with van der Waals surface area (Å²) in [5.74, 6) is 1.87. The molecule has 0 N–H and O–H groups in total. The van der Waals surface area contributed by atoms with Crippen LogP contribution < -0.4 is 0 Å². The number of benzene rings is 9. The molecular formula is C57H35N3S2. The van der Waals surface area contributed by atoms with E-state index in [2.05, 4.69) is 200 Å². The van der Waals surface area contributed by atoms with Crippen molar-refractivity contribution in [2.45, 2.75) is 0 Å². The Morgan fingerprint density at radius 3 is 1.23 bits per heavy atom. The summed E-state index contributed by atoms with van der Waals surface area (Å²) in [6.07, 6.45) is 0. The Balaban J connectivity index is 1.07. The van der Waals surface area contributed by atoms with E-state index in [4.69, 9.17) is 15.0 Å². The van der Waals surface area contributed by atoms with Gasteiger partial charge in [0.2, 0.25) is 0 Å². The summed E-state index contributed by atoms with van der Waals surface area (Å²) in [7, 11) is 0. The van der Waals surface area contributed by atoms with E-state index in [1.165, 1.54) is 45.9 Å². The van der Waals surface area contributed by atoms with Crippen LogP contribution in [0.2, 0.25) is 0 Å². The molecule has 0 aliphatic carbocycles. The third-order valence-electron chi connectivity index (χ3n) is 11.8. The molecule has 0 saturated carbocycles. The van der Waals surface area contributed by atoms with Gasteiger partial charge in [-0.25, -0.2) is 15.0 Å². The Morgan fingerprint density at radius 2 is 0.629 bits per heavy atom.